The van der Waals surface area contributed by atoms with Crippen LogP contribution in [0.15, 0.2) is 42.5 Å². The predicted molar refractivity (Wildman–Crippen MR) is 109 cm³/mol. The summed E-state index contributed by atoms with van der Waals surface area (Å²) < 4.78 is 5.42. The van der Waals surface area contributed by atoms with E-state index in [0.29, 0.717) is 25.8 Å². The zero-order valence-electron chi connectivity index (χ0n) is 16.8. The molecular formula is C23H29NO4. The Hall–Kier alpha value is -2.40. The molecule has 1 aliphatic rings. The summed E-state index contributed by atoms with van der Waals surface area (Å²) in [7, 11) is 0. The molecule has 0 bridgehead atoms. The van der Waals surface area contributed by atoms with Crippen molar-refractivity contribution in [1.82, 2.24) is 5.32 Å². The summed E-state index contributed by atoms with van der Waals surface area (Å²) in [6.45, 7) is 5.87. The van der Waals surface area contributed by atoms with E-state index < -0.39 is 11.7 Å². The van der Waals surface area contributed by atoms with E-state index in [0.717, 1.165) is 16.3 Å². The number of hydrogen-bond donors (Lipinski definition) is 2. The standard InChI is InChI=1S/C23H29NO4/c1-23(2,3)28-22(27)18-12-19(20(25)13-18)14-24-21(26)11-15-8-9-16-6-4-5-7-17(16)10-15/h4-10,18-20,25H,11-14H2,1-3H3,(H,24,26). The number of nitrogens with one attached hydrogen (secondary N) is 1. The quantitative estimate of drug-likeness (QED) is 0.778. The van der Waals surface area contributed by atoms with Gasteiger partial charge in [-0.2, -0.15) is 0 Å². The molecule has 2 N–H and O–H groups in total. The SMILES string of the molecule is CC(C)(C)OC(=O)C1CC(O)C(CNC(=O)Cc2ccc3ccccc3c2)C1. The highest BCUT2D eigenvalue weighted by Gasteiger charge is 2.38. The molecule has 150 valence electrons. The Bertz CT molecular complexity index is 855. The van der Waals surface area contributed by atoms with Crippen LogP contribution >= 0.6 is 0 Å². The number of fused-ring (bicyclic) bond motifs is 1. The number of carbonyl (C=O) groups is 2. The van der Waals surface area contributed by atoms with Crippen LogP contribution in [0.3, 0.4) is 0 Å². The van der Waals surface area contributed by atoms with Crippen LogP contribution in [0.2, 0.25) is 0 Å². The van der Waals surface area contributed by atoms with Gasteiger partial charge < -0.3 is 15.2 Å². The Kier molecular flexibility index (Phi) is 6.04. The molecule has 0 aliphatic heterocycles. The number of benzene rings is 2. The Balaban J connectivity index is 1.50. The lowest BCUT2D eigenvalue weighted by atomic mass is 10.0. The van der Waals surface area contributed by atoms with Crippen molar-refractivity contribution in [3.63, 3.8) is 0 Å². The third-order valence-electron chi connectivity index (χ3n) is 5.14. The Morgan fingerprint density at radius 2 is 1.82 bits per heavy atom. The fourth-order valence-corrected chi connectivity index (χ4v) is 3.74. The lowest BCUT2D eigenvalue weighted by molar-refractivity contribution is -0.160. The number of carbonyl (C=O) groups excluding carboxylic acids is 2. The molecule has 1 saturated carbocycles. The van der Waals surface area contributed by atoms with Crippen LogP contribution in [0.1, 0.15) is 39.2 Å². The minimum Gasteiger partial charge on any atom is -0.460 e. The fraction of sp³-hybridized carbons (Fsp3) is 0.478. The minimum absolute atomic E-state index is 0.0804. The molecule has 0 aromatic heterocycles. The summed E-state index contributed by atoms with van der Waals surface area (Å²) in [5.41, 5.74) is 0.420. The summed E-state index contributed by atoms with van der Waals surface area (Å²) in [4.78, 5) is 24.5. The monoisotopic (exact) mass is 383 g/mol. The van der Waals surface area contributed by atoms with E-state index in [-0.39, 0.29) is 23.7 Å². The molecular weight excluding hydrogens is 354 g/mol. The van der Waals surface area contributed by atoms with Gasteiger partial charge in [-0.15, -0.1) is 0 Å². The third kappa shape index (κ3) is 5.32. The summed E-state index contributed by atoms with van der Waals surface area (Å²) in [6.07, 6.45) is 0.619. The second kappa shape index (κ2) is 8.31. The van der Waals surface area contributed by atoms with Crippen LogP contribution in [0.4, 0.5) is 0 Å². The van der Waals surface area contributed by atoms with Crippen LogP contribution in [0.5, 0.6) is 0 Å². The average Bonchev–Trinajstić information content (AvgIpc) is 2.99. The molecule has 3 rings (SSSR count). The number of esters is 1. The Morgan fingerprint density at radius 3 is 2.54 bits per heavy atom. The molecule has 0 saturated heterocycles. The molecule has 3 atom stereocenters. The smallest absolute Gasteiger partial charge is 0.309 e. The second-order valence-electron chi connectivity index (χ2n) is 8.69. The first kappa shape index (κ1) is 20.3. The first-order valence-corrected chi connectivity index (χ1v) is 9.86. The molecule has 0 heterocycles. The summed E-state index contributed by atoms with van der Waals surface area (Å²) in [5, 5.41) is 15.4. The van der Waals surface area contributed by atoms with E-state index in [1.54, 1.807) is 0 Å². The van der Waals surface area contributed by atoms with Crippen LogP contribution in [0.25, 0.3) is 10.8 Å². The van der Waals surface area contributed by atoms with Crippen LogP contribution < -0.4 is 5.32 Å². The van der Waals surface area contributed by atoms with Gasteiger partial charge in [-0.3, -0.25) is 9.59 Å². The maximum absolute atomic E-state index is 12.3. The van der Waals surface area contributed by atoms with Crippen LogP contribution in [-0.4, -0.2) is 35.2 Å². The molecule has 2 aromatic rings. The molecule has 0 spiro atoms. The van der Waals surface area contributed by atoms with Gasteiger partial charge in [0.25, 0.3) is 0 Å². The highest BCUT2D eigenvalue weighted by molar-refractivity contribution is 5.85. The number of rotatable bonds is 5. The number of hydrogen-bond acceptors (Lipinski definition) is 4. The van der Waals surface area contributed by atoms with Gasteiger partial charge in [-0.1, -0.05) is 42.5 Å². The number of aliphatic hydroxyl groups excluding tert-OH is 1. The van der Waals surface area contributed by atoms with Crippen molar-refractivity contribution in [1.29, 1.82) is 0 Å². The van der Waals surface area contributed by atoms with Crippen LogP contribution in [-0.2, 0) is 20.7 Å². The van der Waals surface area contributed by atoms with E-state index in [4.69, 9.17) is 4.74 Å². The van der Waals surface area contributed by atoms with Gasteiger partial charge in [-0.05, 0) is 49.9 Å². The molecule has 0 radical (unpaired) electrons. The van der Waals surface area contributed by atoms with Gasteiger partial charge in [0.05, 0.1) is 18.4 Å². The molecule has 5 nitrogen and oxygen atoms in total. The maximum Gasteiger partial charge on any atom is 0.309 e. The molecule has 3 unspecified atom stereocenters. The van der Waals surface area contributed by atoms with Gasteiger partial charge in [-0.25, -0.2) is 0 Å². The topological polar surface area (TPSA) is 75.6 Å². The number of amides is 1. The molecule has 5 heteroatoms. The summed E-state index contributed by atoms with van der Waals surface area (Å²) in [5.74, 6) is -0.783. The lowest BCUT2D eigenvalue weighted by Crippen LogP contribution is -2.33. The largest absolute Gasteiger partial charge is 0.460 e. The lowest BCUT2D eigenvalue weighted by Gasteiger charge is -2.22. The predicted octanol–water partition coefficient (Wildman–Crippen LogP) is 3.23. The number of ether oxygens (including phenoxy) is 1. The molecule has 1 fully saturated rings. The highest BCUT2D eigenvalue weighted by Crippen LogP contribution is 2.32. The Morgan fingerprint density at radius 1 is 1.11 bits per heavy atom. The normalized spacial score (nSPS) is 22.2. The third-order valence-corrected chi connectivity index (χ3v) is 5.14. The zero-order valence-corrected chi connectivity index (χ0v) is 16.8. The summed E-state index contributed by atoms with van der Waals surface area (Å²) >= 11 is 0. The van der Waals surface area contributed by atoms with Gasteiger partial charge in [0.1, 0.15) is 5.60 Å². The first-order valence-electron chi connectivity index (χ1n) is 9.86. The highest BCUT2D eigenvalue weighted by atomic mass is 16.6. The second-order valence-corrected chi connectivity index (χ2v) is 8.69. The minimum atomic E-state index is -0.599. The first-order chi connectivity index (χ1) is 13.2. The fourth-order valence-electron chi connectivity index (χ4n) is 3.74. The Labute approximate surface area is 166 Å². The molecule has 28 heavy (non-hydrogen) atoms. The van der Waals surface area contributed by atoms with E-state index in [2.05, 4.69) is 5.32 Å². The van der Waals surface area contributed by atoms with Crippen molar-refractivity contribution in [3.8, 4) is 0 Å². The van der Waals surface area contributed by atoms with Crippen molar-refractivity contribution in [2.24, 2.45) is 11.8 Å². The molecule has 1 aliphatic carbocycles. The van der Waals surface area contributed by atoms with E-state index in [1.165, 1.54) is 0 Å². The van der Waals surface area contributed by atoms with E-state index in [1.807, 2.05) is 63.2 Å². The van der Waals surface area contributed by atoms with Gasteiger partial charge in [0.2, 0.25) is 5.91 Å². The van der Waals surface area contributed by atoms with E-state index in [9.17, 15) is 14.7 Å². The molecule has 1 amide bonds. The maximum atomic E-state index is 12.3. The van der Waals surface area contributed by atoms with Crippen molar-refractivity contribution in [2.45, 2.75) is 51.7 Å². The van der Waals surface area contributed by atoms with Crippen LogP contribution in [0, 0.1) is 11.8 Å². The van der Waals surface area contributed by atoms with Gasteiger partial charge in [0, 0.05) is 12.5 Å². The summed E-state index contributed by atoms with van der Waals surface area (Å²) in [6, 6.07) is 14.1. The van der Waals surface area contributed by atoms with Crippen molar-refractivity contribution >= 4 is 22.6 Å². The van der Waals surface area contributed by atoms with Gasteiger partial charge >= 0.3 is 5.97 Å². The van der Waals surface area contributed by atoms with Crippen molar-refractivity contribution in [2.75, 3.05) is 6.54 Å². The molecule has 2 aromatic carbocycles. The van der Waals surface area contributed by atoms with E-state index >= 15 is 0 Å². The zero-order chi connectivity index (χ0) is 20.3. The van der Waals surface area contributed by atoms with Gasteiger partial charge in [0.15, 0.2) is 0 Å². The van der Waals surface area contributed by atoms with Crippen molar-refractivity contribution < 1.29 is 19.4 Å². The number of aliphatic hydroxyl groups is 1. The van der Waals surface area contributed by atoms with Crippen molar-refractivity contribution in [3.05, 3.63) is 48.0 Å². The average molecular weight is 383 g/mol.